The van der Waals surface area contributed by atoms with E-state index in [1.54, 1.807) is 21.4 Å². The third-order valence-electron chi connectivity index (χ3n) is 5.88. The molecule has 4 aromatic heterocycles. The van der Waals surface area contributed by atoms with Gasteiger partial charge in [0.1, 0.15) is 30.2 Å². The third kappa shape index (κ3) is 3.41. The molecule has 1 aromatic carbocycles. The Hall–Kier alpha value is -4.74. The quantitative estimate of drug-likeness (QED) is 0.408. The van der Waals surface area contributed by atoms with Gasteiger partial charge < -0.3 is 20.1 Å². The Labute approximate surface area is 192 Å². The molecule has 5 aromatic rings. The lowest BCUT2D eigenvalue weighted by atomic mass is 9.92. The Morgan fingerprint density at radius 1 is 1.09 bits per heavy atom. The van der Waals surface area contributed by atoms with Gasteiger partial charge in [-0.3, -0.25) is 0 Å². The van der Waals surface area contributed by atoms with Crippen molar-refractivity contribution < 1.29 is 14.6 Å². The van der Waals surface area contributed by atoms with E-state index in [1.165, 1.54) is 17.6 Å². The number of ether oxygens (including phenoxy) is 1. The SMILES string of the molecule is Cc1cc(Nc2ncnn3ccc(C4CN(C(=O)O)C4)c23)ccc1Oc1cc2ncnn2cn1. The van der Waals surface area contributed by atoms with Crippen LogP contribution in [0.25, 0.3) is 11.2 Å². The molecule has 1 aliphatic heterocycles. The van der Waals surface area contributed by atoms with Crippen LogP contribution in [0, 0.1) is 6.92 Å². The van der Waals surface area contributed by atoms with Crippen LogP contribution in [-0.4, -0.2) is 63.4 Å². The van der Waals surface area contributed by atoms with Crippen LogP contribution in [0.5, 0.6) is 11.6 Å². The highest BCUT2D eigenvalue weighted by molar-refractivity contribution is 5.78. The average molecular weight is 457 g/mol. The second kappa shape index (κ2) is 7.69. The van der Waals surface area contributed by atoms with E-state index < -0.39 is 6.09 Å². The molecule has 2 N–H and O–H groups in total. The predicted molar refractivity (Wildman–Crippen MR) is 121 cm³/mol. The van der Waals surface area contributed by atoms with E-state index in [1.807, 2.05) is 37.4 Å². The monoisotopic (exact) mass is 457 g/mol. The summed E-state index contributed by atoms with van der Waals surface area (Å²) in [5.74, 6) is 1.85. The standard InChI is InChI=1S/C22H19N9O3/c1-13-6-15(2-3-17(13)34-19-7-18-23-10-27-31(18)12-25-19)28-21-20-16(4-5-30(20)26-11-24-21)14-8-29(9-14)22(32)33/h2-7,10-12,14H,8-9H2,1H3,(H,32,33)(H,24,26,28). The van der Waals surface area contributed by atoms with E-state index in [2.05, 4.69) is 30.5 Å². The maximum Gasteiger partial charge on any atom is 0.407 e. The Morgan fingerprint density at radius 3 is 2.74 bits per heavy atom. The molecule has 0 radical (unpaired) electrons. The number of hydrogen-bond donors (Lipinski definition) is 2. The summed E-state index contributed by atoms with van der Waals surface area (Å²) in [7, 11) is 0. The van der Waals surface area contributed by atoms with E-state index in [-0.39, 0.29) is 5.92 Å². The normalized spacial score (nSPS) is 13.9. The number of nitrogens with one attached hydrogen (secondary N) is 1. The molecule has 12 nitrogen and oxygen atoms in total. The zero-order valence-electron chi connectivity index (χ0n) is 18.0. The zero-order valence-corrected chi connectivity index (χ0v) is 18.0. The van der Waals surface area contributed by atoms with Gasteiger partial charge in [0.25, 0.3) is 0 Å². The molecule has 0 atom stereocenters. The van der Waals surface area contributed by atoms with E-state index >= 15 is 0 Å². The molecule has 0 bridgehead atoms. The first kappa shape index (κ1) is 19.9. The van der Waals surface area contributed by atoms with Gasteiger partial charge in [-0.25, -0.2) is 28.8 Å². The second-order valence-electron chi connectivity index (χ2n) is 8.05. The summed E-state index contributed by atoms with van der Waals surface area (Å²) >= 11 is 0. The maximum absolute atomic E-state index is 11.2. The number of fused-ring (bicyclic) bond motifs is 2. The molecule has 0 aliphatic carbocycles. The van der Waals surface area contributed by atoms with Crippen molar-refractivity contribution >= 4 is 28.8 Å². The van der Waals surface area contributed by atoms with Crippen molar-refractivity contribution in [2.24, 2.45) is 0 Å². The minimum atomic E-state index is -0.899. The molecular formula is C22H19N9O3. The number of anilines is 2. The lowest BCUT2D eigenvalue weighted by Gasteiger charge is -2.37. The van der Waals surface area contributed by atoms with Crippen molar-refractivity contribution in [2.45, 2.75) is 12.8 Å². The highest BCUT2D eigenvalue weighted by atomic mass is 16.5. The topological polar surface area (TPSA) is 135 Å². The van der Waals surface area contributed by atoms with E-state index in [4.69, 9.17) is 9.84 Å². The number of likely N-dealkylation sites (tertiary alicyclic amines) is 1. The number of aromatic nitrogens is 7. The number of carboxylic acid groups (broad SMARTS) is 1. The summed E-state index contributed by atoms with van der Waals surface area (Å²) in [6, 6.07) is 9.41. The first-order valence-electron chi connectivity index (χ1n) is 10.6. The number of carbonyl (C=O) groups is 1. The smallest absolute Gasteiger partial charge is 0.407 e. The van der Waals surface area contributed by atoms with Gasteiger partial charge in [-0.1, -0.05) is 0 Å². The molecule has 34 heavy (non-hydrogen) atoms. The van der Waals surface area contributed by atoms with Gasteiger partial charge in [-0.2, -0.15) is 10.2 Å². The van der Waals surface area contributed by atoms with Crippen LogP contribution in [0.1, 0.15) is 17.0 Å². The molecule has 0 spiro atoms. The number of nitrogens with zero attached hydrogens (tertiary/aromatic N) is 8. The molecule has 1 amide bonds. The molecule has 0 unspecified atom stereocenters. The van der Waals surface area contributed by atoms with Crippen LogP contribution in [0.15, 0.2) is 55.5 Å². The number of benzene rings is 1. The molecule has 170 valence electrons. The summed E-state index contributed by atoms with van der Waals surface area (Å²) in [6.45, 7) is 2.87. The number of rotatable bonds is 5. The summed E-state index contributed by atoms with van der Waals surface area (Å²) in [5, 5.41) is 20.8. The summed E-state index contributed by atoms with van der Waals surface area (Å²) in [5.41, 5.74) is 4.24. The molecule has 0 saturated carbocycles. The van der Waals surface area contributed by atoms with Crippen molar-refractivity contribution in [1.82, 2.24) is 39.1 Å². The van der Waals surface area contributed by atoms with Gasteiger partial charge in [-0.05, 0) is 42.3 Å². The van der Waals surface area contributed by atoms with Crippen LogP contribution >= 0.6 is 0 Å². The third-order valence-corrected chi connectivity index (χ3v) is 5.88. The minimum Gasteiger partial charge on any atom is -0.465 e. The van der Waals surface area contributed by atoms with Gasteiger partial charge in [0.05, 0.1) is 0 Å². The first-order valence-corrected chi connectivity index (χ1v) is 10.6. The zero-order chi connectivity index (χ0) is 23.2. The fourth-order valence-corrected chi connectivity index (χ4v) is 4.09. The van der Waals surface area contributed by atoms with Crippen LogP contribution in [0.3, 0.4) is 0 Å². The lowest BCUT2D eigenvalue weighted by Crippen LogP contribution is -2.47. The van der Waals surface area contributed by atoms with Crippen LogP contribution in [-0.2, 0) is 0 Å². The molecule has 1 fully saturated rings. The minimum absolute atomic E-state index is 0.111. The Morgan fingerprint density at radius 2 is 1.91 bits per heavy atom. The van der Waals surface area contributed by atoms with Crippen LogP contribution < -0.4 is 10.1 Å². The Balaban J connectivity index is 1.25. The summed E-state index contributed by atoms with van der Waals surface area (Å²) in [6.07, 6.45) is 5.46. The van der Waals surface area contributed by atoms with Crippen molar-refractivity contribution in [3.63, 3.8) is 0 Å². The maximum atomic E-state index is 11.2. The van der Waals surface area contributed by atoms with Gasteiger partial charge in [0.2, 0.25) is 5.88 Å². The molecule has 6 rings (SSSR count). The molecule has 1 saturated heterocycles. The van der Waals surface area contributed by atoms with Gasteiger partial charge >= 0.3 is 6.09 Å². The van der Waals surface area contributed by atoms with Crippen molar-refractivity contribution in [3.8, 4) is 11.6 Å². The Bertz CT molecular complexity index is 1540. The fraction of sp³-hybridized carbons (Fsp3) is 0.182. The van der Waals surface area contributed by atoms with Crippen LogP contribution in [0.4, 0.5) is 16.3 Å². The average Bonchev–Trinajstić information content (AvgIpc) is 3.42. The van der Waals surface area contributed by atoms with Crippen molar-refractivity contribution in [2.75, 3.05) is 18.4 Å². The predicted octanol–water partition coefficient (Wildman–Crippen LogP) is 3.09. The Kier molecular flexibility index (Phi) is 4.50. The lowest BCUT2D eigenvalue weighted by molar-refractivity contribution is 0.106. The second-order valence-corrected chi connectivity index (χ2v) is 8.05. The highest BCUT2D eigenvalue weighted by Gasteiger charge is 2.33. The number of aryl methyl sites for hydroxylation is 1. The van der Waals surface area contributed by atoms with Crippen LogP contribution in [0.2, 0.25) is 0 Å². The van der Waals surface area contributed by atoms with Gasteiger partial charge in [0.15, 0.2) is 11.5 Å². The van der Waals surface area contributed by atoms with E-state index in [9.17, 15) is 4.79 Å². The van der Waals surface area contributed by atoms with E-state index in [0.717, 1.165) is 22.3 Å². The number of hydrogen-bond acceptors (Lipinski definition) is 8. The largest absolute Gasteiger partial charge is 0.465 e. The van der Waals surface area contributed by atoms with Crippen molar-refractivity contribution in [1.29, 1.82) is 0 Å². The molecule has 12 heteroatoms. The fourth-order valence-electron chi connectivity index (χ4n) is 4.09. The number of amides is 1. The van der Waals surface area contributed by atoms with Gasteiger partial charge in [-0.15, -0.1) is 0 Å². The summed E-state index contributed by atoms with van der Waals surface area (Å²) in [4.78, 5) is 25.4. The molecule has 5 heterocycles. The van der Waals surface area contributed by atoms with E-state index in [0.29, 0.717) is 36.2 Å². The first-order chi connectivity index (χ1) is 16.5. The van der Waals surface area contributed by atoms with Crippen molar-refractivity contribution in [3.05, 3.63) is 66.6 Å². The summed E-state index contributed by atoms with van der Waals surface area (Å²) < 4.78 is 9.27. The molecular weight excluding hydrogens is 438 g/mol. The highest BCUT2D eigenvalue weighted by Crippen LogP contribution is 2.34. The molecule has 1 aliphatic rings. The van der Waals surface area contributed by atoms with Gasteiger partial charge in [0, 0.05) is 37.0 Å².